The molecule has 1 saturated heterocycles. The Kier molecular flexibility index (Phi) is 2.90. The molecule has 98 valence electrons. The lowest BCUT2D eigenvalue weighted by molar-refractivity contribution is -0.0923. The lowest BCUT2D eigenvalue weighted by atomic mass is 9.57. The number of fused-ring (bicyclic) bond motifs is 1. The van der Waals surface area contributed by atoms with Gasteiger partial charge in [-0.15, -0.1) is 0 Å². The summed E-state index contributed by atoms with van der Waals surface area (Å²) in [5.74, 6) is 0.300. The molecule has 1 saturated carbocycles. The van der Waals surface area contributed by atoms with Crippen LogP contribution >= 0.6 is 15.9 Å². The van der Waals surface area contributed by atoms with Gasteiger partial charge in [0.2, 0.25) is 0 Å². The van der Waals surface area contributed by atoms with Crippen molar-refractivity contribution in [3.63, 3.8) is 0 Å². The van der Waals surface area contributed by atoms with Gasteiger partial charge in [0.15, 0.2) is 0 Å². The number of anilines is 1. The molecular formula is C14H17BrFNO. The maximum absolute atomic E-state index is 13.8. The first-order valence-corrected chi connectivity index (χ1v) is 7.13. The second-order valence-corrected chi connectivity index (χ2v) is 6.64. The Morgan fingerprint density at radius 1 is 1.44 bits per heavy atom. The molecule has 1 heterocycles. The third-order valence-corrected chi connectivity index (χ3v) is 5.02. The van der Waals surface area contributed by atoms with Gasteiger partial charge in [-0.25, -0.2) is 4.39 Å². The van der Waals surface area contributed by atoms with Crippen molar-refractivity contribution in [1.29, 1.82) is 0 Å². The molecule has 1 aliphatic carbocycles. The van der Waals surface area contributed by atoms with Crippen molar-refractivity contribution in [2.24, 2.45) is 11.3 Å². The summed E-state index contributed by atoms with van der Waals surface area (Å²) in [5.41, 5.74) is 0.629. The minimum atomic E-state index is -0.206. The SMILES string of the molecule is CC1(C)C(Nc2c(F)cccc2Br)C2CCOC21. The van der Waals surface area contributed by atoms with Crippen LogP contribution in [0.5, 0.6) is 0 Å². The van der Waals surface area contributed by atoms with Gasteiger partial charge in [0.25, 0.3) is 0 Å². The number of benzene rings is 1. The van der Waals surface area contributed by atoms with Crippen LogP contribution in [0.1, 0.15) is 20.3 Å². The molecule has 1 aromatic rings. The number of hydrogen-bond acceptors (Lipinski definition) is 2. The summed E-state index contributed by atoms with van der Waals surface area (Å²) in [5, 5.41) is 3.37. The quantitative estimate of drug-likeness (QED) is 0.896. The Morgan fingerprint density at radius 2 is 2.22 bits per heavy atom. The fraction of sp³-hybridized carbons (Fsp3) is 0.571. The summed E-state index contributed by atoms with van der Waals surface area (Å²) in [6.45, 7) is 5.20. The van der Waals surface area contributed by atoms with Crippen LogP contribution in [0.4, 0.5) is 10.1 Å². The lowest BCUT2D eigenvalue weighted by Gasteiger charge is -2.55. The summed E-state index contributed by atoms with van der Waals surface area (Å²) in [6, 6.07) is 5.33. The molecule has 1 aliphatic heterocycles. The molecule has 0 spiro atoms. The molecule has 2 fully saturated rings. The third kappa shape index (κ3) is 1.69. The highest BCUT2D eigenvalue weighted by atomic mass is 79.9. The molecule has 0 radical (unpaired) electrons. The zero-order chi connectivity index (χ0) is 12.9. The van der Waals surface area contributed by atoms with Crippen molar-refractivity contribution in [1.82, 2.24) is 0 Å². The van der Waals surface area contributed by atoms with E-state index in [4.69, 9.17) is 4.74 Å². The Hall–Kier alpha value is -0.610. The van der Waals surface area contributed by atoms with E-state index in [1.165, 1.54) is 6.07 Å². The third-order valence-electron chi connectivity index (χ3n) is 4.36. The highest BCUT2D eigenvalue weighted by Crippen LogP contribution is 2.53. The normalized spacial score (nSPS) is 32.8. The van der Waals surface area contributed by atoms with Gasteiger partial charge in [-0.3, -0.25) is 0 Å². The molecule has 0 bridgehead atoms. The zero-order valence-corrected chi connectivity index (χ0v) is 12.1. The highest BCUT2D eigenvalue weighted by Gasteiger charge is 2.59. The van der Waals surface area contributed by atoms with E-state index < -0.39 is 0 Å². The molecule has 2 aliphatic rings. The van der Waals surface area contributed by atoms with Crippen LogP contribution in [0.3, 0.4) is 0 Å². The molecule has 4 heteroatoms. The minimum absolute atomic E-state index is 0.0584. The number of rotatable bonds is 2. The van der Waals surface area contributed by atoms with Crippen LogP contribution in [0, 0.1) is 17.2 Å². The number of para-hydroxylation sites is 1. The molecule has 18 heavy (non-hydrogen) atoms. The van der Waals surface area contributed by atoms with Gasteiger partial charge in [-0.2, -0.15) is 0 Å². The van der Waals surface area contributed by atoms with Crippen LogP contribution < -0.4 is 5.32 Å². The zero-order valence-electron chi connectivity index (χ0n) is 10.5. The van der Waals surface area contributed by atoms with E-state index in [0.29, 0.717) is 17.7 Å². The van der Waals surface area contributed by atoms with Crippen molar-refractivity contribution < 1.29 is 9.13 Å². The summed E-state index contributed by atoms with van der Waals surface area (Å²) < 4.78 is 20.4. The van der Waals surface area contributed by atoms with E-state index >= 15 is 0 Å². The molecule has 3 rings (SSSR count). The van der Waals surface area contributed by atoms with E-state index in [-0.39, 0.29) is 17.3 Å². The fourth-order valence-corrected chi connectivity index (χ4v) is 3.86. The van der Waals surface area contributed by atoms with E-state index in [9.17, 15) is 4.39 Å². The van der Waals surface area contributed by atoms with Gasteiger partial charge in [0.1, 0.15) is 5.82 Å². The average molecular weight is 314 g/mol. The van der Waals surface area contributed by atoms with Crippen molar-refractivity contribution in [2.75, 3.05) is 11.9 Å². The second kappa shape index (κ2) is 4.20. The van der Waals surface area contributed by atoms with Crippen molar-refractivity contribution >= 4 is 21.6 Å². The summed E-state index contributed by atoms with van der Waals surface area (Å²) in [6.07, 6.45) is 1.39. The topological polar surface area (TPSA) is 21.3 Å². The first kappa shape index (κ1) is 12.4. The number of hydrogen-bond donors (Lipinski definition) is 1. The molecule has 3 unspecified atom stereocenters. The van der Waals surface area contributed by atoms with E-state index in [0.717, 1.165) is 17.5 Å². The Morgan fingerprint density at radius 3 is 2.94 bits per heavy atom. The van der Waals surface area contributed by atoms with Gasteiger partial charge >= 0.3 is 0 Å². The van der Waals surface area contributed by atoms with Gasteiger partial charge in [-0.05, 0) is 34.5 Å². The van der Waals surface area contributed by atoms with Gasteiger partial charge < -0.3 is 10.1 Å². The monoisotopic (exact) mass is 313 g/mol. The van der Waals surface area contributed by atoms with Gasteiger partial charge in [0.05, 0.1) is 11.8 Å². The smallest absolute Gasteiger partial charge is 0.147 e. The predicted molar refractivity (Wildman–Crippen MR) is 73.1 cm³/mol. The van der Waals surface area contributed by atoms with Crippen molar-refractivity contribution in [3.8, 4) is 0 Å². The maximum Gasteiger partial charge on any atom is 0.147 e. The van der Waals surface area contributed by atoms with Crippen LogP contribution in [0.25, 0.3) is 0 Å². The number of halogens is 2. The largest absolute Gasteiger partial charge is 0.378 e. The molecule has 2 nitrogen and oxygen atoms in total. The van der Waals surface area contributed by atoms with Crippen LogP contribution in [0.2, 0.25) is 0 Å². The maximum atomic E-state index is 13.8. The van der Waals surface area contributed by atoms with E-state index in [1.54, 1.807) is 6.07 Å². The van der Waals surface area contributed by atoms with Crippen molar-refractivity contribution in [2.45, 2.75) is 32.4 Å². The summed E-state index contributed by atoms with van der Waals surface area (Å²) in [7, 11) is 0. The highest BCUT2D eigenvalue weighted by molar-refractivity contribution is 9.10. The Balaban J connectivity index is 1.85. The van der Waals surface area contributed by atoms with Crippen LogP contribution in [0.15, 0.2) is 22.7 Å². The molecule has 1 aromatic carbocycles. The van der Waals surface area contributed by atoms with Gasteiger partial charge in [0, 0.05) is 28.5 Å². The fourth-order valence-electron chi connectivity index (χ4n) is 3.41. The molecule has 0 aromatic heterocycles. The standard InChI is InChI=1S/C14H17BrFNO/c1-14(2)12(8-6-7-18-13(8)14)17-11-9(15)4-3-5-10(11)16/h3-5,8,12-13,17H,6-7H2,1-2H3. The first-order chi connectivity index (χ1) is 8.51. The number of ether oxygens (including phenoxy) is 1. The lowest BCUT2D eigenvalue weighted by Crippen LogP contribution is -2.63. The first-order valence-electron chi connectivity index (χ1n) is 6.34. The summed E-state index contributed by atoms with van der Waals surface area (Å²) >= 11 is 3.41. The number of nitrogens with one attached hydrogen (secondary N) is 1. The van der Waals surface area contributed by atoms with Crippen LogP contribution in [-0.2, 0) is 4.74 Å². The van der Waals surface area contributed by atoms with Gasteiger partial charge in [-0.1, -0.05) is 19.9 Å². The molecule has 0 amide bonds. The van der Waals surface area contributed by atoms with E-state index in [2.05, 4.69) is 35.1 Å². The minimum Gasteiger partial charge on any atom is -0.378 e. The Bertz CT molecular complexity index is 457. The Labute approximate surface area is 115 Å². The molecular weight excluding hydrogens is 297 g/mol. The average Bonchev–Trinajstić information content (AvgIpc) is 2.75. The molecule has 1 N–H and O–H groups in total. The summed E-state index contributed by atoms with van der Waals surface area (Å²) in [4.78, 5) is 0. The van der Waals surface area contributed by atoms with E-state index in [1.807, 2.05) is 6.07 Å². The van der Waals surface area contributed by atoms with Crippen LogP contribution in [-0.4, -0.2) is 18.8 Å². The predicted octanol–water partition coefficient (Wildman–Crippen LogP) is 3.81. The second-order valence-electron chi connectivity index (χ2n) is 5.78. The molecule has 3 atom stereocenters. The van der Waals surface area contributed by atoms with Crippen molar-refractivity contribution in [3.05, 3.63) is 28.5 Å².